The van der Waals surface area contributed by atoms with E-state index in [4.69, 9.17) is 4.84 Å². The molecule has 1 rings (SSSR count). The lowest BCUT2D eigenvalue weighted by molar-refractivity contribution is 0.0442. The van der Waals surface area contributed by atoms with Gasteiger partial charge in [-0.3, -0.25) is 10.3 Å². The molecule has 0 spiro atoms. The minimum absolute atomic E-state index is 0.686. The zero-order valence-corrected chi connectivity index (χ0v) is 11.7. The molecule has 3 nitrogen and oxygen atoms in total. The molecule has 1 N–H and O–H groups in total. The fourth-order valence-electron chi connectivity index (χ4n) is 2.24. The molecule has 0 amide bonds. The normalized spacial score (nSPS) is 21.2. The molecule has 1 atom stereocenters. The highest BCUT2D eigenvalue weighted by Gasteiger charge is 2.08. The van der Waals surface area contributed by atoms with Crippen molar-refractivity contribution in [3.63, 3.8) is 0 Å². The van der Waals surface area contributed by atoms with Crippen molar-refractivity contribution in [2.75, 3.05) is 26.2 Å². The Hall–Kier alpha value is -0.540. The third-order valence-electron chi connectivity index (χ3n) is 3.45. The lowest BCUT2D eigenvalue weighted by Crippen LogP contribution is -2.29. The molecular weight excluding hydrogens is 212 g/mol. The molecule has 100 valence electrons. The van der Waals surface area contributed by atoms with Gasteiger partial charge >= 0.3 is 0 Å². The largest absolute Gasteiger partial charge is 0.301 e. The standard InChI is InChI=1S/C14H28N2O/c1-4-16(5-2)10-11-17-15-14-9-7-6-8-13(3)12-14/h12-13,15H,4-11H2,1-3H3. The minimum atomic E-state index is 0.686. The van der Waals surface area contributed by atoms with Crippen LogP contribution in [0.2, 0.25) is 0 Å². The van der Waals surface area contributed by atoms with Crippen molar-refractivity contribution in [1.29, 1.82) is 0 Å². The van der Waals surface area contributed by atoms with Crippen molar-refractivity contribution in [2.24, 2.45) is 5.92 Å². The van der Waals surface area contributed by atoms with Crippen LogP contribution in [0.4, 0.5) is 0 Å². The van der Waals surface area contributed by atoms with E-state index in [1.165, 1.54) is 25.0 Å². The highest BCUT2D eigenvalue weighted by atomic mass is 16.6. The van der Waals surface area contributed by atoms with Crippen LogP contribution in [0.5, 0.6) is 0 Å². The third-order valence-corrected chi connectivity index (χ3v) is 3.45. The molecular formula is C14H28N2O. The van der Waals surface area contributed by atoms with Crippen molar-refractivity contribution in [3.05, 3.63) is 11.8 Å². The van der Waals surface area contributed by atoms with Crippen LogP contribution in [0.25, 0.3) is 0 Å². The van der Waals surface area contributed by atoms with Gasteiger partial charge in [-0.25, -0.2) is 0 Å². The van der Waals surface area contributed by atoms with Gasteiger partial charge < -0.3 is 4.90 Å². The van der Waals surface area contributed by atoms with E-state index in [9.17, 15) is 0 Å². The number of hydroxylamine groups is 1. The summed E-state index contributed by atoms with van der Waals surface area (Å²) in [6.07, 6.45) is 7.38. The Morgan fingerprint density at radius 2 is 2.12 bits per heavy atom. The molecule has 3 heteroatoms. The summed E-state index contributed by atoms with van der Waals surface area (Å²) in [5.41, 5.74) is 4.40. The second kappa shape index (κ2) is 8.54. The Bertz CT molecular complexity index is 224. The molecule has 0 aliphatic heterocycles. The summed E-state index contributed by atoms with van der Waals surface area (Å²) in [7, 11) is 0. The molecule has 0 bridgehead atoms. The molecule has 0 aromatic heterocycles. The van der Waals surface area contributed by atoms with Gasteiger partial charge in [-0.2, -0.15) is 0 Å². The van der Waals surface area contributed by atoms with E-state index in [1.807, 2.05) is 0 Å². The predicted molar refractivity (Wildman–Crippen MR) is 72.6 cm³/mol. The Labute approximate surface area is 106 Å². The van der Waals surface area contributed by atoms with E-state index in [0.717, 1.165) is 32.7 Å². The maximum Gasteiger partial charge on any atom is 0.0872 e. The summed E-state index contributed by atoms with van der Waals surface area (Å²) in [5.74, 6) is 0.686. The Kier molecular flexibility index (Phi) is 7.29. The zero-order chi connectivity index (χ0) is 12.5. The molecule has 1 unspecified atom stereocenters. The average Bonchev–Trinajstić information content (AvgIpc) is 2.54. The summed E-state index contributed by atoms with van der Waals surface area (Å²) in [6, 6.07) is 0. The first-order chi connectivity index (χ1) is 8.26. The molecule has 0 aromatic carbocycles. The van der Waals surface area contributed by atoms with Gasteiger partial charge in [0, 0.05) is 12.2 Å². The highest BCUT2D eigenvalue weighted by Crippen LogP contribution is 2.19. The van der Waals surface area contributed by atoms with Crippen LogP contribution in [0.15, 0.2) is 11.8 Å². The number of allylic oxidation sites excluding steroid dienone is 2. The molecule has 0 fully saturated rings. The van der Waals surface area contributed by atoms with Crippen LogP contribution < -0.4 is 5.48 Å². The summed E-state index contributed by atoms with van der Waals surface area (Å²) >= 11 is 0. The van der Waals surface area contributed by atoms with Gasteiger partial charge in [0.1, 0.15) is 0 Å². The van der Waals surface area contributed by atoms with Crippen LogP contribution in [-0.4, -0.2) is 31.1 Å². The molecule has 1 aliphatic carbocycles. The lowest BCUT2D eigenvalue weighted by atomic mass is 10.1. The maximum absolute atomic E-state index is 5.55. The van der Waals surface area contributed by atoms with Gasteiger partial charge in [0.15, 0.2) is 0 Å². The quantitative estimate of drug-likeness (QED) is 0.547. The van der Waals surface area contributed by atoms with Crippen LogP contribution in [-0.2, 0) is 4.84 Å². The number of likely N-dealkylation sites (N-methyl/N-ethyl adjacent to an activating group) is 1. The molecule has 0 saturated carbocycles. The van der Waals surface area contributed by atoms with E-state index in [0.29, 0.717) is 5.92 Å². The Balaban J connectivity index is 2.16. The van der Waals surface area contributed by atoms with Gasteiger partial charge in [0.25, 0.3) is 0 Å². The first-order valence-electron chi connectivity index (χ1n) is 7.07. The molecule has 0 saturated heterocycles. The summed E-state index contributed by atoms with van der Waals surface area (Å²) in [4.78, 5) is 7.92. The smallest absolute Gasteiger partial charge is 0.0872 e. The highest BCUT2D eigenvalue weighted by molar-refractivity contribution is 5.01. The van der Waals surface area contributed by atoms with E-state index in [1.54, 1.807) is 0 Å². The van der Waals surface area contributed by atoms with Crippen LogP contribution >= 0.6 is 0 Å². The summed E-state index contributed by atoms with van der Waals surface area (Å²) < 4.78 is 0. The third kappa shape index (κ3) is 6.08. The number of hydrogen-bond acceptors (Lipinski definition) is 3. The second-order valence-electron chi connectivity index (χ2n) is 4.89. The van der Waals surface area contributed by atoms with Crippen LogP contribution in [0.3, 0.4) is 0 Å². The van der Waals surface area contributed by atoms with E-state index >= 15 is 0 Å². The van der Waals surface area contributed by atoms with Gasteiger partial charge in [0.2, 0.25) is 0 Å². The van der Waals surface area contributed by atoms with Crippen molar-refractivity contribution in [2.45, 2.75) is 46.5 Å². The van der Waals surface area contributed by atoms with Crippen molar-refractivity contribution in [3.8, 4) is 0 Å². The number of nitrogens with zero attached hydrogens (tertiary/aromatic N) is 1. The second-order valence-corrected chi connectivity index (χ2v) is 4.89. The SMILES string of the molecule is CCN(CC)CCONC1=CC(C)CCCC1. The maximum atomic E-state index is 5.55. The number of rotatable bonds is 7. The summed E-state index contributed by atoms with van der Waals surface area (Å²) in [5, 5.41) is 0. The molecule has 17 heavy (non-hydrogen) atoms. The minimum Gasteiger partial charge on any atom is -0.301 e. The predicted octanol–water partition coefficient (Wildman–Crippen LogP) is 2.94. The van der Waals surface area contributed by atoms with Crippen LogP contribution in [0.1, 0.15) is 46.5 Å². The van der Waals surface area contributed by atoms with Crippen molar-refractivity contribution < 1.29 is 4.84 Å². The first-order valence-corrected chi connectivity index (χ1v) is 7.07. The number of nitrogens with one attached hydrogen (secondary N) is 1. The van der Waals surface area contributed by atoms with Gasteiger partial charge in [0.05, 0.1) is 6.61 Å². The van der Waals surface area contributed by atoms with Crippen molar-refractivity contribution in [1.82, 2.24) is 10.4 Å². The van der Waals surface area contributed by atoms with Gasteiger partial charge in [-0.1, -0.05) is 33.3 Å². The van der Waals surface area contributed by atoms with E-state index in [2.05, 4.69) is 37.2 Å². The fraction of sp³-hybridized carbons (Fsp3) is 0.857. The zero-order valence-electron chi connectivity index (χ0n) is 11.7. The topological polar surface area (TPSA) is 24.5 Å². The fourth-order valence-corrected chi connectivity index (χ4v) is 2.24. The Morgan fingerprint density at radius 3 is 2.82 bits per heavy atom. The lowest BCUT2D eigenvalue weighted by Gasteiger charge is -2.18. The molecule has 0 aromatic rings. The van der Waals surface area contributed by atoms with E-state index < -0.39 is 0 Å². The van der Waals surface area contributed by atoms with Gasteiger partial charge in [-0.05, 0) is 38.3 Å². The van der Waals surface area contributed by atoms with E-state index in [-0.39, 0.29) is 0 Å². The van der Waals surface area contributed by atoms with Crippen LogP contribution in [0, 0.1) is 5.92 Å². The number of hydrogen-bond donors (Lipinski definition) is 1. The average molecular weight is 240 g/mol. The van der Waals surface area contributed by atoms with Crippen molar-refractivity contribution >= 4 is 0 Å². The van der Waals surface area contributed by atoms with Gasteiger partial charge in [-0.15, -0.1) is 0 Å². The first kappa shape index (κ1) is 14.5. The summed E-state index contributed by atoms with van der Waals surface area (Å²) in [6.45, 7) is 10.6. The monoisotopic (exact) mass is 240 g/mol. The Morgan fingerprint density at radius 1 is 1.35 bits per heavy atom. The molecule has 0 heterocycles. The molecule has 1 aliphatic rings. The molecule has 0 radical (unpaired) electrons.